The highest BCUT2D eigenvalue weighted by Crippen LogP contribution is 2.31. The van der Waals surface area contributed by atoms with Crippen LogP contribution >= 0.6 is 43.8 Å². The predicted octanol–water partition coefficient (Wildman–Crippen LogP) is 2.12. The maximum atomic E-state index is 3.92. The van der Waals surface area contributed by atoms with Gasteiger partial charge in [-0.2, -0.15) is 0 Å². The monoisotopic (exact) mass is 182 g/mol. The van der Waals surface area contributed by atoms with Crippen LogP contribution in [0.2, 0.25) is 0 Å². The minimum absolute atomic E-state index is 0.926. The average Bonchev–Trinajstić information content (AvgIpc) is 2.19. The Morgan fingerprint density at radius 1 is 1.75 bits per heavy atom. The van der Waals surface area contributed by atoms with Crippen LogP contribution in [0.5, 0.6) is 0 Å². The number of nitrogens with zero attached hydrogens (tertiary/aromatic N) is 2. The number of hydrogen-bond donors (Lipinski definition) is 1. The van der Waals surface area contributed by atoms with Gasteiger partial charge in [0, 0.05) is 5.38 Å². The highest BCUT2D eigenvalue weighted by molar-refractivity contribution is 9.05. The zero-order valence-electron chi connectivity index (χ0n) is 3.64. The molecule has 8 heavy (non-hydrogen) atoms. The fraction of sp³-hybridized carbons (Fsp3) is 0. The van der Waals surface area contributed by atoms with Crippen LogP contribution in [0.25, 0.3) is 0 Å². The van der Waals surface area contributed by atoms with Gasteiger partial charge in [0.15, 0.2) is 0 Å². The van der Waals surface area contributed by atoms with Crippen molar-refractivity contribution in [2.24, 2.45) is 0 Å². The number of thiol groups is 1. The normalized spacial score (nSPS) is 9.62. The molecule has 6 heteroatoms. The Kier molecular flexibility index (Phi) is 3.03. The van der Waals surface area contributed by atoms with Gasteiger partial charge in [0.2, 0.25) is 0 Å². The molecule has 0 aliphatic rings. The van der Waals surface area contributed by atoms with E-state index in [1.807, 2.05) is 5.38 Å². The van der Waals surface area contributed by atoms with Crippen molar-refractivity contribution in [2.45, 2.75) is 5.03 Å². The summed E-state index contributed by atoms with van der Waals surface area (Å²) in [4.78, 5) is 0. The summed E-state index contributed by atoms with van der Waals surface area (Å²) in [7, 11) is 2.87. The lowest BCUT2D eigenvalue weighted by Crippen LogP contribution is -1.63. The standard InChI is InChI=1S/C2H2N2S4/c5-8-7-2-1-6-4-3-2/h1,5H. The first-order valence-electron chi connectivity index (χ1n) is 1.68. The molecule has 0 atom stereocenters. The molecule has 0 saturated carbocycles. The molecule has 2 nitrogen and oxygen atoms in total. The van der Waals surface area contributed by atoms with Gasteiger partial charge in [0.1, 0.15) is 5.03 Å². The van der Waals surface area contributed by atoms with Crippen LogP contribution in [0.15, 0.2) is 10.4 Å². The first-order chi connectivity index (χ1) is 3.93. The van der Waals surface area contributed by atoms with Gasteiger partial charge in [-0.1, -0.05) is 16.1 Å². The van der Waals surface area contributed by atoms with Crippen molar-refractivity contribution < 1.29 is 0 Å². The number of rotatable bonds is 2. The molecule has 0 fully saturated rings. The van der Waals surface area contributed by atoms with E-state index < -0.39 is 0 Å². The summed E-state index contributed by atoms with van der Waals surface area (Å²) in [6.45, 7) is 0. The summed E-state index contributed by atoms with van der Waals surface area (Å²) in [6, 6.07) is 0. The van der Waals surface area contributed by atoms with Crippen LogP contribution in [-0.2, 0) is 0 Å². The summed E-state index contributed by atoms with van der Waals surface area (Å²) in [6.07, 6.45) is 0. The highest BCUT2D eigenvalue weighted by atomic mass is 33.5. The van der Waals surface area contributed by atoms with E-state index in [4.69, 9.17) is 0 Å². The van der Waals surface area contributed by atoms with Crippen molar-refractivity contribution in [3.05, 3.63) is 5.38 Å². The quantitative estimate of drug-likeness (QED) is 0.559. The Morgan fingerprint density at radius 3 is 3.12 bits per heavy atom. The molecule has 0 aromatic carbocycles. The fourth-order valence-electron chi connectivity index (χ4n) is 0.231. The summed E-state index contributed by atoms with van der Waals surface area (Å²) < 4.78 is 3.66. The predicted molar refractivity (Wildman–Crippen MR) is 42.3 cm³/mol. The first-order valence-corrected chi connectivity index (χ1v) is 5.72. The molecule has 0 spiro atoms. The first kappa shape index (κ1) is 6.73. The lowest BCUT2D eigenvalue weighted by molar-refractivity contribution is 1.04. The summed E-state index contributed by atoms with van der Waals surface area (Å²) in [5.74, 6) is 0. The molecule has 0 bridgehead atoms. The Labute approximate surface area is 63.8 Å². The smallest absolute Gasteiger partial charge is 0.131 e. The van der Waals surface area contributed by atoms with E-state index in [0.29, 0.717) is 0 Å². The molecule has 0 unspecified atom stereocenters. The third-order valence-electron chi connectivity index (χ3n) is 0.463. The second kappa shape index (κ2) is 3.60. The number of hydrogen-bond acceptors (Lipinski definition) is 6. The van der Waals surface area contributed by atoms with E-state index in [9.17, 15) is 0 Å². The Balaban J connectivity index is 2.50. The lowest BCUT2D eigenvalue weighted by atomic mass is 11.0. The molecule has 0 amide bonds. The van der Waals surface area contributed by atoms with Crippen LogP contribution in [0, 0.1) is 0 Å². The molecule has 0 aliphatic heterocycles. The summed E-state index contributed by atoms with van der Waals surface area (Å²) >= 11 is 5.27. The second-order valence-electron chi connectivity index (χ2n) is 0.901. The molecule has 0 aliphatic carbocycles. The van der Waals surface area contributed by atoms with Crippen molar-refractivity contribution in [2.75, 3.05) is 0 Å². The maximum absolute atomic E-state index is 3.92. The van der Waals surface area contributed by atoms with Crippen molar-refractivity contribution in [1.82, 2.24) is 9.59 Å². The Bertz CT molecular complexity index is 138. The highest BCUT2D eigenvalue weighted by Gasteiger charge is 1.92. The lowest BCUT2D eigenvalue weighted by Gasteiger charge is -1.80. The largest absolute Gasteiger partial charge is 0.143 e. The molecular formula is C2H2N2S4. The van der Waals surface area contributed by atoms with Crippen molar-refractivity contribution in [3.63, 3.8) is 0 Å². The third kappa shape index (κ3) is 1.85. The molecule has 1 aromatic rings. The van der Waals surface area contributed by atoms with Gasteiger partial charge in [-0.3, -0.25) is 0 Å². The molecule has 0 radical (unpaired) electrons. The van der Waals surface area contributed by atoms with Gasteiger partial charge in [-0.15, -0.1) is 5.10 Å². The molecule has 0 saturated heterocycles. The van der Waals surface area contributed by atoms with E-state index in [1.165, 1.54) is 32.2 Å². The van der Waals surface area contributed by atoms with Gasteiger partial charge in [-0.05, 0) is 32.2 Å². The van der Waals surface area contributed by atoms with E-state index in [-0.39, 0.29) is 0 Å². The fourth-order valence-corrected chi connectivity index (χ4v) is 2.41. The molecule has 44 valence electrons. The summed E-state index contributed by atoms with van der Waals surface area (Å²) in [5.41, 5.74) is 0. The minimum Gasteiger partial charge on any atom is -0.131 e. The SMILES string of the molecule is SSSc1csnn1. The van der Waals surface area contributed by atoms with Gasteiger partial charge in [0.05, 0.1) is 0 Å². The summed E-state index contributed by atoms with van der Waals surface area (Å²) in [5, 5.41) is 6.58. The van der Waals surface area contributed by atoms with Crippen molar-refractivity contribution in [1.29, 1.82) is 0 Å². The molecule has 1 heterocycles. The van der Waals surface area contributed by atoms with E-state index in [1.54, 1.807) is 0 Å². The average molecular weight is 182 g/mol. The zero-order chi connectivity index (χ0) is 5.82. The van der Waals surface area contributed by atoms with Crippen molar-refractivity contribution >= 4 is 43.8 Å². The van der Waals surface area contributed by atoms with Gasteiger partial charge in [-0.25, -0.2) is 0 Å². The van der Waals surface area contributed by atoms with E-state index >= 15 is 0 Å². The molecule has 1 rings (SSSR count). The maximum Gasteiger partial charge on any atom is 0.143 e. The van der Waals surface area contributed by atoms with Crippen LogP contribution in [-0.4, -0.2) is 9.59 Å². The van der Waals surface area contributed by atoms with Crippen LogP contribution in [0.1, 0.15) is 0 Å². The van der Waals surface area contributed by atoms with Crippen LogP contribution in [0.4, 0.5) is 0 Å². The number of aromatic nitrogens is 2. The van der Waals surface area contributed by atoms with Crippen LogP contribution in [0.3, 0.4) is 0 Å². The molecule has 0 N–H and O–H groups in total. The zero-order valence-corrected chi connectivity index (χ0v) is 6.99. The van der Waals surface area contributed by atoms with Crippen LogP contribution < -0.4 is 0 Å². The van der Waals surface area contributed by atoms with Gasteiger partial charge >= 0.3 is 0 Å². The van der Waals surface area contributed by atoms with Crippen molar-refractivity contribution in [3.8, 4) is 0 Å². The molecular weight excluding hydrogens is 180 g/mol. The Morgan fingerprint density at radius 2 is 2.62 bits per heavy atom. The minimum atomic E-state index is 0.926. The van der Waals surface area contributed by atoms with Gasteiger partial charge < -0.3 is 0 Å². The topological polar surface area (TPSA) is 25.8 Å². The Hall–Kier alpha value is 0.610. The van der Waals surface area contributed by atoms with Gasteiger partial charge in [0.25, 0.3) is 0 Å². The second-order valence-corrected chi connectivity index (χ2v) is 4.53. The molecule has 1 aromatic heterocycles. The van der Waals surface area contributed by atoms with E-state index in [0.717, 1.165) is 5.03 Å². The third-order valence-corrected chi connectivity index (χ3v) is 2.97. The van der Waals surface area contributed by atoms with E-state index in [2.05, 4.69) is 21.2 Å².